The number of nitrogens with one attached hydrogen (secondary N) is 1. The molecule has 0 amide bonds. The Bertz CT molecular complexity index is 995. The van der Waals surface area contributed by atoms with Crippen LogP contribution < -0.4 is 15.8 Å². The zero-order valence-electron chi connectivity index (χ0n) is 14.8. The summed E-state index contributed by atoms with van der Waals surface area (Å²) in [5, 5.41) is 5.10. The highest BCUT2D eigenvalue weighted by Gasteiger charge is 2.26. The fourth-order valence-corrected chi connectivity index (χ4v) is 4.06. The molecule has 0 unspecified atom stereocenters. The van der Waals surface area contributed by atoms with E-state index in [4.69, 9.17) is 27.6 Å². The van der Waals surface area contributed by atoms with Crippen LogP contribution in [0.25, 0.3) is 11.0 Å². The molecule has 1 N–H and O–H groups in total. The Labute approximate surface area is 167 Å². The summed E-state index contributed by atoms with van der Waals surface area (Å²) in [6.07, 6.45) is 1.97. The Morgan fingerprint density at radius 1 is 1.04 bits per heavy atom. The van der Waals surface area contributed by atoms with Crippen molar-refractivity contribution in [2.24, 2.45) is 0 Å². The highest BCUT2D eigenvalue weighted by atomic mass is 35.5. The van der Waals surface area contributed by atoms with Gasteiger partial charge in [-0.2, -0.15) is 0 Å². The third kappa shape index (κ3) is 3.84. The van der Waals surface area contributed by atoms with Gasteiger partial charge in [-0.25, -0.2) is 4.79 Å². The molecule has 6 heteroatoms. The Hall–Kier alpha value is -2.01. The summed E-state index contributed by atoms with van der Waals surface area (Å²) in [6.45, 7) is 2.53. The Balaban J connectivity index is 1.85. The first-order valence-electron chi connectivity index (χ1n) is 9.06. The predicted molar refractivity (Wildman–Crippen MR) is 111 cm³/mol. The molecular weight excluding hydrogens is 383 g/mol. The molecule has 0 radical (unpaired) electrons. The van der Waals surface area contributed by atoms with E-state index in [1.165, 1.54) is 0 Å². The zero-order chi connectivity index (χ0) is 18.8. The monoisotopic (exact) mass is 402 g/mol. The van der Waals surface area contributed by atoms with Crippen molar-refractivity contribution >= 4 is 39.9 Å². The number of piperidine rings is 1. The average molecular weight is 403 g/mol. The largest absolute Gasteiger partial charge is 0.422 e. The zero-order valence-corrected chi connectivity index (χ0v) is 16.3. The molecule has 1 aliphatic heterocycles. The second-order valence-electron chi connectivity index (χ2n) is 6.78. The number of fused-ring (bicyclic) bond motifs is 1. The summed E-state index contributed by atoms with van der Waals surface area (Å²) in [5.41, 5.74) is 1.93. The topological polar surface area (TPSA) is 45.5 Å². The van der Waals surface area contributed by atoms with Crippen molar-refractivity contribution in [3.05, 3.63) is 74.6 Å². The summed E-state index contributed by atoms with van der Waals surface area (Å²) >= 11 is 12.5. The molecule has 0 bridgehead atoms. The molecule has 2 aromatic carbocycles. The molecule has 0 spiro atoms. The van der Waals surface area contributed by atoms with E-state index >= 15 is 0 Å². The van der Waals surface area contributed by atoms with Crippen molar-refractivity contribution in [2.45, 2.75) is 25.4 Å². The van der Waals surface area contributed by atoms with Crippen LogP contribution in [0.5, 0.6) is 0 Å². The van der Waals surface area contributed by atoms with Gasteiger partial charge in [-0.15, -0.1) is 0 Å². The van der Waals surface area contributed by atoms with Gasteiger partial charge in [0.25, 0.3) is 0 Å². The van der Waals surface area contributed by atoms with Crippen molar-refractivity contribution in [3.63, 3.8) is 0 Å². The SMILES string of the molecule is O=c1oc2ccccc2c(N(Cc2ccc(Cl)cc2)C2CCNCC2)c1Cl. The lowest BCUT2D eigenvalue weighted by molar-refractivity contribution is 0.428. The van der Waals surface area contributed by atoms with Gasteiger partial charge in [-0.1, -0.05) is 47.5 Å². The van der Waals surface area contributed by atoms with E-state index in [0.29, 0.717) is 17.2 Å². The molecule has 0 aliphatic carbocycles. The first kappa shape index (κ1) is 18.4. The molecule has 2 heterocycles. The molecule has 4 nitrogen and oxygen atoms in total. The number of halogens is 2. The highest BCUT2D eigenvalue weighted by Crippen LogP contribution is 2.35. The molecule has 1 aliphatic rings. The van der Waals surface area contributed by atoms with Crippen LogP contribution >= 0.6 is 23.2 Å². The molecule has 140 valence electrons. The van der Waals surface area contributed by atoms with Gasteiger partial charge in [0.2, 0.25) is 0 Å². The van der Waals surface area contributed by atoms with Crippen molar-refractivity contribution in [2.75, 3.05) is 18.0 Å². The smallest absolute Gasteiger partial charge is 0.357 e. The standard InChI is InChI=1S/C21H20Cl2N2O2/c22-15-7-5-14(6-8-15)13-25(16-9-11-24-12-10-16)20-17-3-1-2-4-18(17)27-21(26)19(20)23/h1-8,16,24H,9-13H2. The van der Waals surface area contributed by atoms with Gasteiger partial charge in [-0.3, -0.25) is 0 Å². The Kier molecular flexibility index (Phi) is 5.39. The lowest BCUT2D eigenvalue weighted by Gasteiger charge is -2.37. The van der Waals surface area contributed by atoms with Gasteiger partial charge >= 0.3 is 5.63 Å². The van der Waals surface area contributed by atoms with E-state index in [9.17, 15) is 4.79 Å². The van der Waals surface area contributed by atoms with E-state index in [2.05, 4.69) is 10.2 Å². The van der Waals surface area contributed by atoms with Gasteiger partial charge in [0.05, 0.1) is 5.69 Å². The van der Waals surface area contributed by atoms with Gasteiger partial charge < -0.3 is 14.6 Å². The normalized spacial score (nSPS) is 15.2. The van der Waals surface area contributed by atoms with Crippen molar-refractivity contribution in [1.29, 1.82) is 0 Å². The Morgan fingerprint density at radius 3 is 2.48 bits per heavy atom. The third-order valence-electron chi connectivity index (χ3n) is 5.03. The van der Waals surface area contributed by atoms with Crippen LogP contribution in [0.2, 0.25) is 10.0 Å². The highest BCUT2D eigenvalue weighted by molar-refractivity contribution is 6.34. The number of para-hydroxylation sites is 1. The molecule has 27 heavy (non-hydrogen) atoms. The fourth-order valence-electron chi connectivity index (χ4n) is 3.69. The van der Waals surface area contributed by atoms with Gasteiger partial charge in [0.1, 0.15) is 10.6 Å². The van der Waals surface area contributed by atoms with Crippen molar-refractivity contribution in [1.82, 2.24) is 5.32 Å². The van der Waals surface area contributed by atoms with Gasteiger partial charge in [0, 0.05) is 23.0 Å². The predicted octanol–water partition coefficient (Wildman–Crippen LogP) is 4.86. The van der Waals surface area contributed by atoms with Crippen LogP contribution in [0, 0.1) is 0 Å². The summed E-state index contributed by atoms with van der Waals surface area (Å²) in [6, 6.07) is 15.6. The summed E-state index contributed by atoms with van der Waals surface area (Å²) in [4.78, 5) is 14.6. The summed E-state index contributed by atoms with van der Waals surface area (Å²) in [7, 11) is 0. The van der Waals surface area contributed by atoms with Crippen LogP contribution in [0.4, 0.5) is 5.69 Å². The van der Waals surface area contributed by atoms with Crippen LogP contribution in [0.3, 0.4) is 0 Å². The lowest BCUT2D eigenvalue weighted by atomic mass is 10.0. The van der Waals surface area contributed by atoms with E-state index in [0.717, 1.165) is 42.6 Å². The maximum atomic E-state index is 12.4. The number of anilines is 1. The van der Waals surface area contributed by atoms with E-state index < -0.39 is 5.63 Å². The number of benzene rings is 2. The Morgan fingerprint density at radius 2 is 1.74 bits per heavy atom. The molecule has 0 atom stereocenters. The van der Waals surface area contributed by atoms with E-state index in [1.807, 2.05) is 42.5 Å². The summed E-state index contributed by atoms with van der Waals surface area (Å²) < 4.78 is 5.39. The molecular formula is C21H20Cl2N2O2. The minimum atomic E-state index is -0.500. The maximum Gasteiger partial charge on any atom is 0.357 e. The average Bonchev–Trinajstić information content (AvgIpc) is 2.70. The molecule has 1 aromatic heterocycles. The minimum Gasteiger partial charge on any atom is -0.422 e. The van der Waals surface area contributed by atoms with E-state index in [1.54, 1.807) is 6.07 Å². The van der Waals surface area contributed by atoms with Gasteiger partial charge in [-0.05, 0) is 55.8 Å². The van der Waals surface area contributed by atoms with Crippen LogP contribution in [-0.4, -0.2) is 19.1 Å². The number of hydrogen-bond donors (Lipinski definition) is 1. The first-order chi connectivity index (χ1) is 13.1. The number of rotatable bonds is 4. The number of nitrogens with zero attached hydrogens (tertiary/aromatic N) is 1. The lowest BCUT2D eigenvalue weighted by Crippen LogP contribution is -2.43. The molecule has 4 rings (SSSR count). The molecule has 1 saturated heterocycles. The molecule has 3 aromatic rings. The second-order valence-corrected chi connectivity index (χ2v) is 7.60. The van der Waals surface area contributed by atoms with Gasteiger partial charge in [0.15, 0.2) is 0 Å². The molecule has 0 saturated carbocycles. The quantitative estimate of drug-likeness (QED) is 0.632. The second kappa shape index (κ2) is 7.93. The maximum absolute atomic E-state index is 12.4. The molecule has 1 fully saturated rings. The summed E-state index contributed by atoms with van der Waals surface area (Å²) in [5.74, 6) is 0. The van der Waals surface area contributed by atoms with Crippen LogP contribution in [0.1, 0.15) is 18.4 Å². The minimum absolute atomic E-state index is 0.140. The van der Waals surface area contributed by atoms with Crippen molar-refractivity contribution < 1.29 is 4.42 Å². The fraction of sp³-hybridized carbons (Fsp3) is 0.286. The third-order valence-corrected chi connectivity index (χ3v) is 5.62. The van der Waals surface area contributed by atoms with Crippen LogP contribution in [-0.2, 0) is 6.54 Å². The number of hydrogen-bond acceptors (Lipinski definition) is 4. The van der Waals surface area contributed by atoms with Crippen LogP contribution in [0.15, 0.2) is 57.7 Å². The first-order valence-corrected chi connectivity index (χ1v) is 9.82. The van der Waals surface area contributed by atoms with E-state index in [-0.39, 0.29) is 11.1 Å². The van der Waals surface area contributed by atoms with Crippen molar-refractivity contribution in [3.8, 4) is 0 Å².